The number of benzene rings is 1. The summed E-state index contributed by atoms with van der Waals surface area (Å²) in [6, 6.07) is 6.63. The molecule has 0 saturated heterocycles. The fourth-order valence-electron chi connectivity index (χ4n) is 5.07. The number of aromatic nitrogens is 4. The Bertz CT molecular complexity index is 1190. The van der Waals surface area contributed by atoms with E-state index in [-0.39, 0.29) is 11.7 Å². The van der Waals surface area contributed by atoms with Crippen molar-refractivity contribution in [3.05, 3.63) is 76.4 Å². The number of amides is 1. The van der Waals surface area contributed by atoms with Gasteiger partial charge in [-0.1, -0.05) is 18.2 Å². The molecule has 8 heteroatoms. The molecule has 1 amide bonds. The van der Waals surface area contributed by atoms with Gasteiger partial charge in [0.2, 0.25) is 12.0 Å². The molecular formula is C22H20FN5O2. The first-order valence-corrected chi connectivity index (χ1v) is 10.3. The van der Waals surface area contributed by atoms with Crippen molar-refractivity contribution in [2.45, 2.75) is 43.6 Å². The van der Waals surface area contributed by atoms with E-state index < -0.39 is 5.54 Å². The summed E-state index contributed by atoms with van der Waals surface area (Å²) in [6.07, 6.45) is 8.31. The highest BCUT2D eigenvalue weighted by atomic mass is 19.1. The molecule has 2 heterocycles. The van der Waals surface area contributed by atoms with Crippen LogP contribution in [0.5, 0.6) is 0 Å². The van der Waals surface area contributed by atoms with Crippen molar-refractivity contribution in [2.24, 2.45) is 5.92 Å². The Balaban J connectivity index is 1.39. The molecule has 152 valence electrons. The standard InChI is InChI=1S/C22H20FN5O2/c23-17-5-2-1-4-16(17)22(6-3-7-22)25-21(29)19-15-11-13-10-14(13)20(15)28(26-19)18-12-27(30)9-8-24-18/h1-2,4-5,8-9,12-14H,3,6-7,10-11H2,(H,25,29)/t13-,14-/m0/s1. The predicted octanol–water partition coefficient (Wildman–Crippen LogP) is 2.51. The first kappa shape index (κ1) is 17.6. The van der Waals surface area contributed by atoms with E-state index in [1.165, 1.54) is 24.7 Å². The summed E-state index contributed by atoms with van der Waals surface area (Å²) in [4.78, 5) is 17.6. The lowest BCUT2D eigenvalue weighted by Crippen LogP contribution is -2.51. The number of carbonyl (C=O) groups excluding carboxylic acids is 1. The third-order valence-corrected chi connectivity index (χ3v) is 6.81. The molecule has 3 aliphatic carbocycles. The maximum atomic E-state index is 14.5. The molecule has 0 aliphatic heterocycles. The third-order valence-electron chi connectivity index (χ3n) is 6.81. The second kappa shape index (κ2) is 6.10. The summed E-state index contributed by atoms with van der Waals surface area (Å²) in [7, 11) is 0. The van der Waals surface area contributed by atoms with Crippen LogP contribution in [0.1, 0.15) is 58.9 Å². The van der Waals surface area contributed by atoms with Gasteiger partial charge in [0.1, 0.15) is 5.82 Å². The van der Waals surface area contributed by atoms with Crippen LogP contribution in [0.2, 0.25) is 0 Å². The van der Waals surface area contributed by atoms with Gasteiger partial charge in [-0.05, 0) is 44.1 Å². The Morgan fingerprint density at radius 1 is 1.33 bits per heavy atom. The lowest BCUT2D eigenvalue weighted by Gasteiger charge is -2.43. The van der Waals surface area contributed by atoms with Crippen LogP contribution in [0.4, 0.5) is 4.39 Å². The molecule has 2 saturated carbocycles. The van der Waals surface area contributed by atoms with Crippen LogP contribution in [-0.4, -0.2) is 20.7 Å². The van der Waals surface area contributed by atoms with Crippen molar-refractivity contribution >= 4 is 5.91 Å². The summed E-state index contributed by atoms with van der Waals surface area (Å²) in [6.45, 7) is 0. The van der Waals surface area contributed by atoms with Crippen molar-refractivity contribution < 1.29 is 13.9 Å². The largest absolute Gasteiger partial charge is 0.619 e. The Kier molecular flexibility index (Phi) is 3.57. The van der Waals surface area contributed by atoms with Gasteiger partial charge in [0.05, 0.1) is 17.4 Å². The topological polar surface area (TPSA) is 86.8 Å². The maximum Gasteiger partial charge on any atom is 0.272 e. The molecule has 6 rings (SSSR count). The summed E-state index contributed by atoms with van der Waals surface area (Å²) >= 11 is 0. The van der Waals surface area contributed by atoms with Gasteiger partial charge in [-0.3, -0.25) is 4.79 Å². The van der Waals surface area contributed by atoms with Crippen LogP contribution in [0.3, 0.4) is 0 Å². The lowest BCUT2D eigenvalue weighted by molar-refractivity contribution is -0.605. The molecule has 30 heavy (non-hydrogen) atoms. The van der Waals surface area contributed by atoms with Gasteiger partial charge in [-0.2, -0.15) is 9.83 Å². The first-order valence-electron chi connectivity index (χ1n) is 10.3. The second-order valence-corrected chi connectivity index (χ2v) is 8.57. The number of nitrogens with zero attached hydrogens (tertiary/aromatic N) is 4. The molecule has 1 N–H and O–H groups in total. The summed E-state index contributed by atoms with van der Waals surface area (Å²) in [5.41, 5.74) is 2.12. The fourth-order valence-corrected chi connectivity index (χ4v) is 5.07. The molecule has 0 spiro atoms. The highest BCUT2D eigenvalue weighted by molar-refractivity contribution is 5.95. The average molecular weight is 405 g/mol. The smallest absolute Gasteiger partial charge is 0.272 e. The Labute approximate surface area is 172 Å². The summed E-state index contributed by atoms with van der Waals surface area (Å²) in [5.74, 6) is 0.703. The maximum absolute atomic E-state index is 14.5. The monoisotopic (exact) mass is 405 g/mol. The normalized spacial score (nSPS) is 22.7. The van der Waals surface area contributed by atoms with Crippen molar-refractivity contribution in [3.63, 3.8) is 0 Å². The molecule has 7 nitrogen and oxygen atoms in total. The number of hydrogen-bond donors (Lipinski definition) is 1. The highest BCUT2D eigenvalue weighted by Gasteiger charge is 2.51. The molecule has 0 radical (unpaired) electrons. The SMILES string of the molecule is O=C(NC1(c2ccccc2F)CCC1)c1nn(-c2c[n+]([O-])ccn2)c2c1C[C@@H]1C[C@H]21. The second-order valence-electron chi connectivity index (χ2n) is 8.57. The van der Waals surface area contributed by atoms with E-state index in [0.29, 0.717) is 46.5 Å². The van der Waals surface area contributed by atoms with Gasteiger partial charge in [0, 0.05) is 17.0 Å². The summed E-state index contributed by atoms with van der Waals surface area (Å²) < 4.78 is 16.8. The van der Waals surface area contributed by atoms with E-state index in [1.54, 1.807) is 22.9 Å². The number of carbonyl (C=O) groups is 1. The van der Waals surface area contributed by atoms with E-state index in [4.69, 9.17) is 0 Å². The highest BCUT2D eigenvalue weighted by Crippen LogP contribution is 2.57. The number of nitrogens with one attached hydrogen (secondary N) is 1. The molecule has 2 fully saturated rings. The minimum Gasteiger partial charge on any atom is -0.619 e. The van der Waals surface area contributed by atoms with Crippen LogP contribution >= 0.6 is 0 Å². The van der Waals surface area contributed by atoms with Crippen molar-refractivity contribution in [1.82, 2.24) is 20.1 Å². The predicted molar refractivity (Wildman–Crippen MR) is 104 cm³/mol. The van der Waals surface area contributed by atoms with Crippen LogP contribution in [0.15, 0.2) is 42.9 Å². The van der Waals surface area contributed by atoms with Gasteiger partial charge in [-0.25, -0.2) is 14.1 Å². The van der Waals surface area contributed by atoms with E-state index in [1.807, 2.05) is 0 Å². The molecule has 0 unspecified atom stereocenters. The van der Waals surface area contributed by atoms with Crippen molar-refractivity contribution in [3.8, 4) is 5.82 Å². The molecular weight excluding hydrogens is 385 g/mol. The molecule has 2 atom stereocenters. The van der Waals surface area contributed by atoms with E-state index in [9.17, 15) is 14.4 Å². The van der Waals surface area contributed by atoms with E-state index in [0.717, 1.165) is 30.5 Å². The number of fused-ring (bicyclic) bond motifs is 3. The zero-order valence-electron chi connectivity index (χ0n) is 16.2. The minimum absolute atomic E-state index is 0.291. The van der Waals surface area contributed by atoms with E-state index in [2.05, 4.69) is 15.4 Å². The van der Waals surface area contributed by atoms with E-state index >= 15 is 0 Å². The number of hydrogen-bond acceptors (Lipinski definition) is 4. The molecule has 3 aliphatic rings. The van der Waals surface area contributed by atoms with Crippen LogP contribution in [0, 0.1) is 16.9 Å². The Hall–Kier alpha value is -3.29. The molecule has 2 aromatic heterocycles. The lowest BCUT2D eigenvalue weighted by atomic mass is 9.71. The number of rotatable bonds is 4. The zero-order valence-corrected chi connectivity index (χ0v) is 16.2. The number of halogens is 1. The quantitative estimate of drug-likeness (QED) is 0.534. The third kappa shape index (κ3) is 2.49. The van der Waals surface area contributed by atoms with Gasteiger partial charge in [-0.15, -0.1) is 0 Å². The summed E-state index contributed by atoms with van der Waals surface area (Å²) in [5, 5.41) is 19.4. The molecule has 1 aromatic carbocycles. The first-order chi connectivity index (χ1) is 14.6. The van der Waals surface area contributed by atoms with Crippen LogP contribution in [0.25, 0.3) is 5.82 Å². The Morgan fingerprint density at radius 3 is 2.90 bits per heavy atom. The van der Waals surface area contributed by atoms with Crippen molar-refractivity contribution in [1.29, 1.82) is 0 Å². The fraction of sp³-hybridized carbons (Fsp3) is 0.364. The van der Waals surface area contributed by atoms with Crippen molar-refractivity contribution in [2.75, 3.05) is 0 Å². The zero-order chi connectivity index (χ0) is 20.5. The van der Waals surface area contributed by atoms with Crippen LogP contribution < -0.4 is 10.0 Å². The minimum atomic E-state index is -0.691. The van der Waals surface area contributed by atoms with Gasteiger partial charge < -0.3 is 10.5 Å². The Morgan fingerprint density at radius 2 is 2.17 bits per heavy atom. The average Bonchev–Trinajstić information content (AvgIpc) is 3.20. The molecule has 3 aromatic rings. The van der Waals surface area contributed by atoms with Gasteiger partial charge in [0.25, 0.3) is 5.91 Å². The molecule has 0 bridgehead atoms. The van der Waals surface area contributed by atoms with Gasteiger partial charge >= 0.3 is 0 Å². The van der Waals surface area contributed by atoms with Gasteiger partial charge in [0.15, 0.2) is 11.9 Å². The van der Waals surface area contributed by atoms with Crippen LogP contribution in [-0.2, 0) is 12.0 Å².